The Morgan fingerprint density at radius 3 is 2.20 bits per heavy atom. The number of unbranched alkanes of at least 4 members (excludes halogenated alkanes) is 1. The Hall–Kier alpha value is -1.62. The van der Waals surface area contributed by atoms with E-state index in [9.17, 15) is 9.59 Å². The van der Waals surface area contributed by atoms with Crippen LogP contribution >= 0.6 is 0 Å². The fourth-order valence-corrected chi connectivity index (χ4v) is 0.557. The monoisotopic (exact) mass is 216 g/mol. The van der Waals surface area contributed by atoms with Crippen LogP contribution in [-0.2, 0) is 14.5 Å². The number of rotatable bonds is 5. The highest BCUT2D eigenvalue weighted by atomic mass is 17.1. The minimum absolute atomic E-state index is 0.323. The Morgan fingerprint density at radius 1 is 1.47 bits per heavy atom. The van der Waals surface area contributed by atoms with Crippen molar-refractivity contribution in [2.75, 3.05) is 0 Å². The smallest absolute Gasteiger partial charge is 0.368 e. The molecule has 0 aliphatic carbocycles. The van der Waals surface area contributed by atoms with Crippen LogP contribution in [0.15, 0.2) is 24.8 Å². The topological polar surface area (TPSA) is 83.8 Å². The molecule has 0 unspecified atom stereocenters. The van der Waals surface area contributed by atoms with Gasteiger partial charge in [-0.2, -0.15) is 5.26 Å². The van der Waals surface area contributed by atoms with Crippen LogP contribution in [0.4, 0.5) is 0 Å². The van der Waals surface area contributed by atoms with Crippen molar-refractivity contribution in [1.29, 1.82) is 0 Å². The molecule has 0 bridgehead atoms. The van der Waals surface area contributed by atoms with Crippen LogP contribution in [0.1, 0.15) is 26.2 Å². The number of carboxylic acid groups (broad SMARTS) is 1. The highest BCUT2D eigenvalue weighted by Crippen LogP contribution is 2.05. The van der Waals surface area contributed by atoms with E-state index in [4.69, 9.17) is 10.4 Å². The van der Waals surface area contributed by atoms with Crippen LogP contribution in [0.5, 0.6) is 0 Å². The maximum Gasteiger partial charge on any atom is 0.368 e. The molecule has 2 N–H and O–H groups in total. The average molecular weight is 216 g/mol. The summed E-state index contributed by atoms with van der Waals surface area (Å²) in [4.78, 5) is 23.2. The van der Waals surface area contributed by atoms with Crippen molar-refractivity contribution in [3.8, 4) is 0 Å². The molecule has 0 aromatic heterocycles. The van der Waals surface area contributed by atoms with Crippen LogP contribution < -0.4 is 0 Å². The maximum absolute atomic E-state index is 10.4. The zero-order valence-corrected chi connectivity index (χ0v) is 8.73. The lowest BCUT2D eigenvalue weighted by atomic mass is 10.1. The fourth-order valence-electron chi connectivity index (χ4n) is 0.557. The first-order valence-electron chi connectivity index (χ1n) is 4.38. The van der Waals surface area contributed by atoms with Crippen LogP contribution in [0, 0.1) is 0 Å². The van der Waals surface area contributed by atoms with Crippen molar-refractivity contribution in [2.45, 2.75) is 26.2 Å². The molecule has 0 aromatic carbocycles. The van der Waals surface area contributed by atoms with E-state index < -0.39 is 11.9 Å². The Bertz CT molecular complexity index is 232. The first-order valence-corrected chi connectivity index (χ1v) is 4.38. The molecule has 0 saturated heterocycles. The van der Waals surface area contributed by atoms with Gasteiger partial charge in [-0.25, -0.2) is 9.59 Å². The summed E-state index contributed by atoms with van der Waals surface area (Å²) in [5.74, 6) is -1.71. The van der Waals surface area contributed by atoms with E-state index in [1.807, 2.05) is 6.92 Å². The van der Waals surface area contributed by atoms with Gasteiger partial charge in [-0.05, 0) is 12.8 Å². The van der Waals surface area contributed by atoms with Gasteiger partial charge in [0.05, 0.1) is 0 Å². The summed E-state index contributed by atoms with van der Waals surface area (Å²) < 4.78 is 0. The zero-order valence-electron chi connectivity index (χ0n) is 8.73. The molecule has 15 heavy (non-hydrogen) atoms. The second kappa shape index (κ2) is 10.5. The lowest BCUT2D eigenvalue weighted by Crippen LogP contribution is -2.03. The highest BCUT2D eigenvalue weighted by Gasteiger charge is 2.05. The van der Waals surface area contributed by atoms with Gasteiger partial charge in [0.15, 0.2) is 0 Å². The molecule has 0 aromatic rings. The Morgan fingerprint density at radius 2 is 1.93 bits per heavy atom. The number of carbonyl (C=O) groups is 2. The number of carboxylic acids is 1. The molecular formula is C10H16O5. The van der Waals surface area contributed by atoms with Gasteiger partial charge in [0.25, 0.3) is 0 Å². The van der Waals surface area contributed by atoms with Crippen LogP contribution in [-0.4, -0.2) is 22.3 Å². The molecule has 0 spiro atoms. The molecule has 0 heterocycles. The summed E-state index contributed by atoms with van der Waals surface area (Å²) in [6.45, 7) is 8.40. The minimum Gasteiger partial charge on any atom is -0.478 e. The molecule has 0 saturated carbocycles. The largest absolute Gasteiger partial charge is 0.478 e. The minimum atomic E-state index is -0.981. The van der Waals surface area contributed by atoms with Crippen molar-refractivity contribution in [3.63, 3.8) is 0 Å². The zero-order chi connectivity index (χ0) is 12.3. The number of hydrogen-bond acceptors (Lipinski definition) is 4. The van der Waals surface area contributed by atoms with Crippen molar-refractivity contribution < 1.29 is 24.8 Å². The molecule has 5 heteroatoms. The summed E-state index contributed by atoms with van der Waals surface area (Å²) >= 11 is 0. The first kappa shape index (κ1) is 15.8. The summed E-state index contributed by atoms with van der Waals surface area (Å²) in [5, 5.41) is 15.5. The van der Waals surface area contributed by atoms with Gasteiger partial charge >= 0.3 is 11.9 Å². The molecule has 0 aliphatic heterocycles. The number of hydrogen-bond donors (Lipinski definition) is 2. The van der Waals surface area contributed by atoms with E-state index in [0.717, 1.165) is 18.9 Å². The van der Waals surface area contributed by atoms with Gasteiger partial charge in [0, 0.05) is 11.6 Å². The van der Waals surface area contributed by atoms with E-state index in [0.29, 0.717) is 12.0 Å². The number of aliphatic carboxylic acids is 1. The molecule has 0 aliphatic rings. The molecule has 5 nitrogen and oxygen atoms in total. The SMILES string of the molecule is C=C(CCCC)C(=O)OO.C=CC(=O)O. The van der Waals surface area contributed by atoms with Gasteiger partial charge in [0.2, 0.25) is 0 Å². The first-order chi connectivity index (χ1) is 6.99. The summed E-state index contributed by atoms with van der Waals surface area (Å²) in [6, 6.07) is 0. The van der Waals surface area contributed by atoms with E-state index in [1.165, 1.54) is 0 Å². The number of carbonyl (C=O) groups excluding carboxylic acids is 1. The normalized spacial score (nSPS) is 8.13. The lowest BCUT2D eigenvalue weighted by molar-refractivity contribution is -0.229. The van der Waals surface area contributed by atoms with E-state index in [1.54, 1.807) is 0 Å². The quantitative estimate of drug-likeness (QED) is 0.417. The van der Waals surface area contributed by atoms with Crippen LogP contribution in [0.25, 0.3) is 0 Å². The summed E-state index contributed by atoms with van der Waals surface area (Å²) in [7, 11) is 0. The molecule has 0 radical (unpaired) electrons. The molecule has 0 rings (SSSR count). The maximum atomic E-state index is 10.4. The molecule has 0 amide bonds. The van der Waals surface area contributed by atoms with Crippen molar-refractivity contribution in [3.05, 3.63) is 24.8 Å². The standard InChI is InChI=1S/C7H12O3.C3H4O2/c1-3-4-5-6(2)7(8)10-9;1-2-3(4)5/h9H,2-5H2,1H3;2H,1H2,(H,4,5). The lowest BCUT2D eigenvalue weighted by Gasteiger charge is -1.98. The van der Waals surface area contributed by atoms with Crippen molar-refractivity contribution in [1.82, 2.24) is 0 Å². The van der Waals surface area contributed by atoms with Gasteiger partial charge in [-0.1, -0.05) is 26.5 Å². The Kier molecular flexibility index (Phi) is 11.0. The van der Waals surface area contributed by atoms with Crippen molar-refractivity contribution in [2.24, 2.45) is 0 Å². The van der Waals surface area contributed by atoms with Gasteiger partial charge in [-0.3, -0.25) is 4.89 Å². The van der Waals surface area contributed by atoms with E-state index >= 15 is 0 Å². The van der Waals surface area contributed by atoms with Crippen LogP contribution in [0.3, 0.4) is 0 Å². The predicted octanol–water partition coefficient (Wildman–Crippen LogP) is 2.01. The third-order valence-electron chi connectivity index (χ3n) is 1.38. The average Bonchev–Trinajstić information content (AvgIpc) is 2.25. The third-order valence-corrected chi connectivity index (χ3v) is 1.38. The Balaban J connectivity index is 0. The molecule has 86 valence electrons. The fraction of sp³-hybridized carbons (Fsp3) is 0.400. The highest BCUT2D eigenvalue weighted by molar-refractivity contribution is 5.87. The third kappa shape index (κ3) is 12.4. The van der Waals surface area contributed by atoms with Gasteiger partial charge in [0.1, 0.15) is 0 Å². The molecular weight excluding hydrogens is 200 g/mol. The van der Waals surface area contributed by atoms with E-state index in [-0.39, 0.29) is 0 Å². The van der Waals surface area contributed by atoms with Gasteiger partial charge in [-0.15, -0.1) is 0 Å². The second-order valence-corrected chi connectivity index (χ2v) is 2.63. The Labute approximate surface area is 88.6 Å². The van der Waals surface area contributed by atoms with Crippen molar-refractivity contribution >= 4 is 11.9 Å². The van der Waals surface area contributed by atoms with Crippen LogP contribution in [0.2, 0.25) is 0 Å². The van der Waals surface area contributed by atoms with E-state index in [2.05, 4.69) is 18.0 Å². The predicted molar refractivity (Wildman–Crippen MR) is 55.2 cm³/mol. The van der Waals surface area contributed by atoms with Gasteiger partial charge < -0.3 is 5.11 Å². The molecule has 0 fully saturated rings. The summed E-state index contributed by atoms with van der Waals surface area (Å²) in [5.41, 5.74) is 0.323. The second-order valence-electron chi connectivity index (χ2n) is 2.63. The summed E-state index contributed by atoms with van der Waals surface area (Å²) in [6.07, 6.45) is 3.32. The molecule has 0 atom stereocenters.